The summed E-state index contributed by atoms with van der Waals surface area (Å²) < 4.78 is 0. The Bertz CT molecular complexity index is 789. The number of aromatic amines is 1. The number of nitrogens with zero attached hydrogens (tertiary/aromatic N) is 2. The molecule has 6 heteroatoms. The van der Waals surface area contributed by atoms with Crippen LogP contribution in [0.2, 0.25) is 0 Å². The van der Waals surface area contributed by atoms with Crippen LogP contribution in [-0.4, -0.2) is 48.5 Å². The predicted molar refractivity (Wildman–Crippen MR) is 93.3 cm³/mol. The maximum Gasteiger partial charge on any atom is 0.328 e. The Hall–Kier alpha value is -2.34. The molecule has 0 unspecified atom stereocenters. The molecule has 0 radical (unpaired) electrons. The fourth-order valence-corrected chi connectivity index (χ4v) is 3.73. The number of rotatable bonds is 2. The number of H-pyrrole nitrogens is 1. The fourth-order valence-electron chi connectivity index (χ4n) is 3.73. The lowest BCUT2D eigenvalue weighted by atomic mass is 9.94. The second kappa shape index (κ2) is 5.94. The highest BCUT2D eigenvalue weighted by atomic mass is 16.2. The van der Waals surface area contributed by atoms with Crippen LogP contribution in [0.5, 0.6) is 0 Å². The molecule has 2 saturated heterocycles. The van der Waals surface area contributed by atoms with Crippen molar-refractivity contribution in [3.05, 3.63) is 30.0 Å². The van der Waals surface area contributed by atoms with Crippen molar-refractivity contribution >= 4 is 28.5 Å². The summed E-state index contributed by atoms with van der Waals surface area (Å²) in [6, 6.07) is 7.80. The number of aromatic nitrogens is 1. The van der Waals surface area contributed by atoms with Crippen LogP contribution in [0, 0.1) is 0 Å². The molecule has 2 N–H and O–H groups in total. The molecular weight excluding hydrogens is 304 g/mol. The van der Waals surface area contributed by atoms with Crippen molar-refractivity contribution in [1.29, 1.82) is 0 Å². The van der Waals surface area contributed by atoms with E-state index in [1.165, 1.54) is 5.69 Å². The van der Waals surface area contributed by atoms with Crippen molar-refractivity contribution in [2.24, 2.45) is 0 Å². The van der Waals surface area contributed by atoms with Crippen LogP contribution in [0.15, 0.2) is 24.3 Å². The minimum Gasteiger partial charge on any atom is -0.358 e. The lowest BCUT2D eigenvalue weighted by molar-refractivity contribution is -0.120. The van der Waals surface area contributed by atoms with Crippen LogP contribution in [0.3, 0.4) is 0 Å². The molecule has 1 aromatic carbocycles. The number of fused-ring (bicyclic) bond motifs is 1. The number of urea groups is 1. The molecule has 3 heterocycles. The molecular formula is C18H22N4O2. The van der Waals surface area contributed by atoms with Gasteiger partial charge in [0.25, 0.3) is 0 Å². The third kappa shape index (κ3) is 2.67. The van der Waals surface area contributed by atoms with Gasteiger partial charge in [-0.1, -0.05) is 6.07 Å². The minimum absolute atomic E-state index is 0.204. The molecule has 0 saturated carbocycles. The standard InChI is InChI=1S/C18H22N4O2/c1-21-8-5-12(6-9-21)15-11-13-14(19-15)3-2-4-16(13)22-10-7-17(23)20-18(22)24/h2-4,11-12,19H,5-10H2,1H3,(H,20,23,24). The summed E-state index contributed by atoms with van der Waals surface area (Å²) in [7, 11) is 2.16. The van der Waals surface area contributed by atoms with Crippen molar-refractivity contribution in [2.45, 2.75) is 25.2 Å². The molecule has 24 heavy (non-hydrogen) atoms. The number of hydrogen-bond donors (Lipinski definition) is 2. The van der Waals surface area contributed by atoms with Crippen LogP contribution in [0.25, 0.3) is 10.9 Å². The van der Waals surface area contributed by atoms with E-state index in [-0.39, 0.29) is 11.9 Å². The SMILES string of the molecule is CN1CCC(c2cc3c(N4CCC(=O)NC4=O)cccc3[nH]2)CC1. The molecule has 2 aliphatic rings. The predicted octanol–water partition coefficient (Wildman–Crippen LogP) is 2.42. The van der Waals surface area contributed by atoms with Crippen molar-refractivity contribution in [1.82, 2.24) is 15.2 Å². The number of carbonyl (C=O) groups is 2. The van der Waals surface area contributed by atoms with Crippen LogP contribution in [0.1, 0.15) is 30.9 Å². The number of carbonyl (C=O) groups excluding carboxylic acids is 2. The van der Waals surface area contributed by atoms with Crippen molar-refractivity contribution in [3.8, 4) is 0 Å². The summed E-state index contributed by atoms with van der Waals surface area (Å²) in [6.45, 7) is 2.66. The van der Waals surface area contributed by atoms with Crippen LogP contribution >= 0.6 is 0 Å². The van der Waals surface area contributed by atoms with E-state index < -0.39 is 0 Å². The van der Waals surface area contributed by atoms with Gasteiger partial charge in [-0.25, -0.2) is 4.79 Å². The smallest absolute Gasteiger partial charge is 0.328 e. The van der Waals surface area contributed by atoms with E-state index in [1.807, 2.05) is 18.2 Å². The van der Waals surface area contributed by atoms with Crippen molar-refractivity contribution < 1.29 is 9.59 Å². The van der Waals surface area contributed by atoms with E-state index in [4.69, 9.17) is 0 Å². The summed E-state index contributed by atoms with van der Waals surface area (Å²) in [4.78, 5) is 31.1. The van der Waals surface area contributed by atoms with E-state index in [2.05, 4.69) is 28.3 Å². The number of amides is 3. The zero-order valence-corrected chi connectivity index (χ0v) is 13.8. The van der Waals surface area contributed by atoms with Gasteiger partial charge in [0.15, 0.2) is 0 Å². The van der Waals surface area contributed by atoms with E-state index in [9.17, 15) is 9.59 Å². The molecule has 0 atom stereocenters. The first-order valence-corrected chi connectivity index (χ1v) is 8.53. The zero-order chi connectivity index (χ0) is 16.7. The summed E-state index contributed by atoms with van der Waals surface area (Å²) >= 11 is 0. The average molecular weight is 326 g/mol. The Morgan fingerprint density at radius 2 is 1.92 bits per heavy atom. The molecule has 0 bridgehead atoms. The minimum atomic E-state index is -0.333. The third-order valence-corrected chi connectivity index (χ3v) is 5.17. The van der Waals surface area contributed by atoms with Gasteiger partial charge in [-0.2, -0.15) is 0 Å². The van der Waals surface area contributed by atoms with Crippen LogP contribution in [-0.2, 0) is 4.79 Å². The molecule has 2 fully saturated rings. The van der Waals surface area contributed by atoms with Gasteiger partial charge in [-0.3, -0.25) is 15.0 Å². The average Bonchev–Trinajstić information content (AvgIpc) is 3.00. The van der Waals surface area contributed by atoms with E-state index in [1.54, 1.807) is 4.90 Å². The number of nitrogens with one attached hydrogen (secondary N) is 2. The Kier molecular flexibility index (Phi) is 3.76. The van der Waals surface area contributed by atoms with Gasteiger partial charge in [-0.05, 0) is 51.2 Å². The second-order valence-electron chi connectivity index (χ2n) is 6.80. The molecule has 126 valence electrons. The number of imide groups is 1. The van der Waals surface area contributed by atoms with Gasteiger partial charge in [0.05, 0.1) is 5.69 Å². The molecule has 2 aliphatic heterocycles. The summed E-state index contributed by atoms with van der Waals surface area (Å²) in [5, 5.41) is 3.45. The summed E-state index contributed by atoms with van der Waals surface area (Å²) in [6.07, 6.45) is 2.64. The maximum absolute atomic E-state index is 12.2. The topological polar surface area (TPSA) is 68.4 Å². The van der Waals surface area contributed by atoms with E-state index in [0.29, 0.717) is 18.9 Å². The number of anilines is 1. The Morgan fingerprint density at radius 3 is 2.67 bits per heavy atom. The van der Waals surface area contributed by atoms with Gasteiger partial charge in [0.1, 0.15) is 0 Å². The number of piperidine rings is 1. The maximum atomic E-state index is 12.2. The van der Waals surface area contributed by atoms with E-state index >= 15 is 0 Å². The lowest BCUT2D eigenvalue weighted by Gasteiger charge is -2.28. The monoisotopic (exact) mass is 326 g/mol. The fraction of sp³-hybridized carbons (Fsp3) is 0.444. The number of likely N-dealkylation sites (tertiary alicyclic amines) is 1. The lowest BCUT2D eigenvalue weighted by Crippen LogP contribution is -2.49. The highest BCUT2D eigenvalue weighted by Crippen LogP contribution is 2.34. The van der Waals surface area contributed by atoms with Crippen molar-refractivity contribution in [3.63, 3.8) is 0 Å². The van der Waals surface area contributed by atoms with Gasteiger partial charge in [-0.15, -0.1) is 0 Å². The Morgan fingerprint density at radius 1 is 1.12 bits per heavy atom. The third-order valence-electron chi connectivity index (χ3n) is 5.17. The first-order chi connectivity index (χ1) is 11.6. The summed E-state index contributed by atoms with van der Waals surface area (Å²) in [5.74, 6) is 0.336. The first kappa shape index (κ1) is 15.2. The quantitative estimate of drug-likeness (QED) is 0.890. The van der Waals surface area contributed by atoms with Crippen molar-refractivity contribution in [2.75, 3.05) is 31.6 Å². The largest absolute Gasteiger partial charge is 0.358 e. The highest BCUT2D eigenvalue weighted by molar-refractivity contribution is 6.09. The van der Waals surface area contributed by atoms with Gasteiger partial charge < -0.3 is 9.88 Å². The molecule has 0 aliphatic carbocycles. The first-order valence-electron chi connectivity index (χ1n) is 8.53. The van der Waals surface area contributed by atoms with Gasteiger partial charge in [0, 0.05) is 35.5 Å². The number of benzene rings is 1. The van der Waals surface area contributed by atoms with Crippen LogP contribution in [0.4, 0.5) is 10.5 Å². The molecule has 2 aromatic rings. The molecule has 4 rings (SSSR count). The van der Waals surface area contributed by atoms with Gasteiger partial charge >= 0.3 is 6.03 Å². The molecule has 6 nitrogen and oxygen atoms in total. The van der Waals surface area contributed by atoms with Gasteiger partial charge in [0.2, 0.25) is 5.91 Å². The highest BCUT2D eigenvalue weighted by Gasteiger charge is 2.26. The Balaban J connectivity index is 1.67. The molecule has 3 amide bonds. The zero-order valence-electron chi connectivity index (χ0n) is 13.8. The summed E-state index contributed by atoms with van der Waals surface area (Å²) in [5.41, 5.74) is 3.16. The normalized spacial score (nSPS) is 20.6. The second-order valence-corrected chi connectivity index (χ2v) is 6.80. The van der Waals surface area contributed by atoms with E-state index in [0.717, 1.165) is 42.5 Å². The Labute approximate surface area is 140 Å². The van der Waals surface area contributed by atoms with Crippen LogP contribution < -0.4 is 10.2 Å². The number of hydrogen-bond acceptors (Lipinski definition) is 3. The molecule has 0 spiro atoms. The molecule has 1 aromatic heterocycles.